The Bertz CT molecular complexity index is 1280. The first-order valence-electron chi connectivity index (χ1n) is 12.3. The number of hydrogen-bond donors (Lipinski definition) is 0. The molecule has 0 N–H and O–H groups in total. The minimum Gasteiger partial charge on any atom is -0.497 e. The number of ether oxygens (including phenoxy) is 1. The Kier molecular flexibility index (Phi) is 8.61. The number of hydrogen-bond acceptors (Lipinski definition) is 7. The Hall–Kier alpha value is -2.53. The maximum Gasteiger partial charge on any atom is 0.260 e. The van der Waals surface area contributed by atoms with E-state index in [4.69, 9.17) is 9.72 Å². The molecule has 2 heterocycles. The Morgan fingerprint density at radius 2 is 1.72 bits per heavy atom. The van der Waals surface area contributed by atoms with Crippen molar-refractivity contribution < 1.29 is 17.9 Å². The van der Waals surface area contributed by atoms with Crippen molar-refractivity contribution in [3.05, 3.63) is 48.0 Å². The number of carbonyl (C=O) groups excluding carboxylic acids is 1. The highest BCUT2D eigenvalue weighted by molar-refractivity contribution is 7.89. The minimum atomic E-state index is -3.57. The number of benzene rings is 2. The highest BCUT2D eigenvalue weighted by Crippen LogP contribution is 2.32. The lowest BCUT2D eigenvalue weighted by molar-refractivity contribution is 0.0986. The summed E-state index contributed by atoms with van der Waals surface area (Å²) in [4.78, 5) is 22.3. The van der Waals surface area contributed by atoms with E-state index in [0.717, 1.165) is 54.6 Å². The van der Waals surface area contributed by atoms with Gasteiger partial charge in [0.2, 0.25) is 10.0 Å². The fourth-order valence-electron chi connectivity index (χ4n) is 4.32. The predicted molar refractivity (Wildman–Crippen MR) is 145 cm³/mol. The molecule has 0 radical (unpaired) electrons. The molecule has 2 aromatic carbocycles. The maximum atomic E-state index is 13.6. The number of fused-ring (bicyclic) bond motifs is 1. The van der Waals surface area contributed by atoms with Crippen LogP contribution in [0.3, 0.4) is 0 Å². The van der Waals surface area contributed by atoms with Crippen molar-refractivity contribution in [3.8, 4) is 5.75 Å². The average molecular weight is 531 g/mol. The zero-order valence-corrected chi connectivity index (χ0v) is 22.8. The van der Waals surface area contributed by atoms with E-state index >= 15 is 0 Å². The van der Waals surface area contributed by atoms with Crippen LogP contribution >= 0.6 is 11.3 Å². The number of amides is 1. The SMILES string of the molecule is COc1ccc2nc(N(CCCN(C)C)C(=O)c3ccc(S(=O)(=O)N4CCCCCC4)cc3)sc2c1. The summed E-state index contributed by atoms with van der Waals surface area (Å²) in [5, 5.41) is 0.614. The molecule has 0 spiro atoms. The number of rotatable bonds is 9. The highest BCUT2D eigenvalue weighted by atomic mass is 32.2. The predicted octanol–water partition coefficient (Wildman–Crippen LogP) is 4.47. The van der Waals surface area contributed by atoms with Crippen molar-refractivity contribution in [2.24, 2.45) is 0 Å². The van der Waals surface area contributed by atoms with Crippen LogP contribution in [-0.2, 0) is 10.0 Å². The van der Waals surface area contributed by atoms with Crippen LogP contribution in [0.25, 0.3) is 10.2 Å². The third-order valence-corrected chi connectivity index (χ3v) is 9.31. The van der Waals surface area contributed by atoms with Crippen LogP contribution in [0.4, 0.5) is 5.13 Å². The molecule has 36 heavy (non-hydrogen) atoms. The molecule has 8 nitrogen and oxygen atoms in total. The summed E-state index contributed by atoms with van der Waals surface area (Å²) in [5.41, 5.74) is 1.24. The molecule has 1 saturated heterocycles. The van der Waals surface area contributed by atoms with Gasteiger partial charge in [0.25, 0.3) is 5.91 Å². The van der Waals surface area contributed by atoms with Crippen molar-refractivity contribution in [1.82, 2.24) is 14.2 Å². The second kappa shape index (κ2) is 11.7. The van der Waals surface area contributed by atoms with E-state index in [1.807, 2.05) is 32.3 Å². The summed E-state index contributed by atoms with van der Waals surface area (Å²) < 4.78 is 34.1. The number of sulfonamides is 1. The van der Waals surface area contributed by atoms with Crippen molar-refractivity contribution in [2.45, 2.75) is 37.0 Å². The summed E-state index contributed by atoms with van der Waals surface area (Å²) in [6.45, 7) is 2.42. The zero-order valence-electron chi connectivity index (χ0n) is 21.1. The molecule has 1 aliphatic heterocycles. The molecule has 4 rings (SSSR count). The number of anilines is 1. The smallest absolute Gasteiger partial charge is 0.260 e. The lowest BCUT2D eigenvalue weighted by atomic mass is 10.2. The van der Waals surface area contributed by atoms with Crippen LogP contribution in [0.1, 0.15) is 42.5 Å². The topological polar surface area (TPSA) is 83.0 Å². The van der Waals surface area contributed by atoms with E-state index in [9.17, 15) is 13.2 Å². The molecule has 0 atom stereocenters. The number of aromatic nitrogens is 1. The van der Waals surface area contributed by atoms with E-state index in [1.165, 1.54) is 11.3 Å². The van der Waals surface area contributed by atoms with E-state index in [-0.39, 0.29) is 10.8 Å². The van der Waals surface area contributed by atoms with Gasteiger partial charge in [-0.3, -0.25) is 9.69 Å². The zero-order chi connectivity index (χ0) is 25.7. The summed E-state index contributed by atoms with van der Waals surface area (Å²) in [6.07, 6.45) is 4.65. The second-order valence-electron chi connectivity index (χ2n) is 9.29. The summed E-state index contributed by atoms with van der Waals surface area (Å²) >= 11 is 1.44. The Labute approximate surface area is 217 Å². The second-order valence-corrected chi connectivity index (χ2v) is 12.2. The van der Waals surface area contributed by atoms with Gasteiger partial charge in [-0.1, -0.05) is 24.2 Å². The van der Waals surface area contributed by atoms with Gasteiger partial charge in [-0.15, -0.1) is 0 Å². The van der Waals surface area contributed by atoms with Gasteiger partial charge in [-0.2, -0.15) is 4.31 Å². The van der Waals surface area contributed by atoms with Gasteiger partial charge in [-0.05, 0) is 82.4 Å². The quantitative estimate of drug-likeness (QED) is 0.406. The van der Waals surface area contributed by atoms with Gasteiger partial charge in [0, 0.05) is 25.2 Å². The molecule has 0 unspecified atom stereocenters. The van der Waals surface area contributed by atoms with Crippen LogP contribution in [0.5, 0.6) is 5.75 Å². The van der Waals surface area contributed by atoms with Crippen molar-refractivity contribution in [3.63, 3.8) is 0 Å². The van der Waals surface area contributed by atoms with Crippen molar-refractivity contribution >= 4 is 42.6 Å². The van der Waals surface area contributed by atoms with Crippen molar-refractivity contribution in [1.29, 1.82) is 0 Å². The molecule has 0 aliphatic carbocycles. The summed E-state index contributed by atoms with van der Waals surface area (Å²) in [5.74, 6) is 0.544. The largest absolute Gasteiger partial charge is 0.497 e. The van der Waals surface area contributed by atoms with Crippen LogP contribution in [0.2, 0.25) is 0 Å². The fraction of sp³-hybridized carbons (Fsp3) is 0.462. The van der Waals surface area contributed by atoms with Gasteiger partial charge in [0.1, 0.15) is 5.75 Å². The van der Waals surface area contributed by atoms with Gasteiger partial charge in [0.05, 0.1) is 22.2 Å². The van der Waals surface area contributed by atoms with Gasteiger partial charge in [-0.25, -0.2) is 13.4 Å². The Morgan fingerprint density at radius 1 is 1.03 bits per heavy atom. The monoisotopic (exact) mass is 530 g/mol. The van der Waals surface area contributed by atoms with Crippen LogP contribution in [0, 0.1) is 0 Å². The van der Waals surface area contributed by atoms with Gasteiger partial charge in [0.15, 0.2) is 5.13 Å². The molecule has 0 bridgehead atoms. The first-order chi connectivity index (χ1) is 17.3. The molecule has 10 heteroatoms. The van der Waals surface area contributed by atoms with Crippen LogP contribution in [0.15, 0.2) is 47.4 Å². The molecule has 1 aliphatic rings. The Morgan fingerprint density at radius 3 is 2.36 bits per heavy atom. The molecule has 0 saturated carbocycles. The molecule has 1 aromatic heterocycles. The normalized spacial score (nSPS) is 15.2. The van der Waals surface area contributed by atoms with E-state index in [1.54, 1.807) is 40.6 Å². The summed E-state index contributed by atoms with van der Waals surface area (Å²) in [7, 11) is 2.05. The number of nitrogens with zero attached hydrogens (tertiary/aromatic N) is 4. The van der Waals surface area contributed by atoms with E-state index < -0.39 is 10.0 Å². The molecule has 194 valence electrons. The molecular weight excluding hydrogens is 496 g/mol. The first kappa shape index (κ1) is 26.5. The molecule has 3 aromatic rings. The minimum absolute atomic E-state index is 0.196. The first-order valence-corrected chi connectivity index (χ1v) is 14.6. The lowest BCUT2D eigenvalue weighted by Crippen LogP contribution is -2.34. The third-order valence-electron chi connectivity index (χ3n) is 6.35. The number of carbonyl (C=O) groups is 1. The lowest BCUT2D eigenvalue weighted by Gasteiger charge is -2.22. The summed E-state index contributed by atoms with van der Waals surface area (Å²) in [6, 6.07) is 12.0. The van der Waals surface area contributed by atoms with E-state index in [0.29, 0.717) is 30.3 Å². The number of methoxy groups -OCH3 is 1. The molecule has 1 amide bonds. The highest BCUT2D eigenvalue weighted by Gasteiger charge is 2.26. The maximum absolute atomic E-state index is 13.6. The molecular formula is C26H34N4O4S2. The Balaban J connectivity index is 1.59. The van der Waals surface area contributed by atoms with Crippen LogP contribution < -0.4 is 9.64 Å². The van der Waals surface area contributed by atoms with Crippen molar-refractivity contribution in [2.75, 3.05) is 52.3 Å². The van der Waals surface area contributed by atoms with Gasteiger partial charge >= 0.3 is 0 Å². The average Bonchev–Trinajstić information content (AvgIpc) is 3.08. The standard InChI is InChI=1S/C26H34N4O4S2/c1-28(2)15-8-18-30(26-27-23-14-11-21(34-3)19-24(23)35-26)25(31)20-9-12-22(13-10-20)36(32,33)29-16-6-4-5-7-17-29/h9-14,19H,4-8,15-18H2,1-3H3. The van der Waals surface area contributed by atoms with Gasteiger partial charge < -0.3 is 9.64 Å². The number of thiazole rings is 1. The van der Waals surface area contributed by atoms with Crippen LogP contribution in [-0.4, -0.2) is 75.9 Å². The third kappa shape index (κ3) is 6.05. The fourth-order valence-corrected chi connectivity index (χ4v) is 6.86. The van der Waals surface area contributed by atoms with E-state index in [2.05, 4.69) is 4.90 Å². The molecule has 1 fully saturated rings.